The van der Waals surface area contributed by atoms with E-state index >= 15 is 0 Å². The van der Waals surface area contributed by atoms with Crippen molar-refractivity contribution in [2.24, 2.45) is 0 Å². The number of allylic oxidation sites excluding steroid dienone is 1. The van der Waals surface area contributed by atoms with Gasteiger partial charge in [0.2, 0.25) is 5.78 Å². The number of rotatable bonds is 4. The summed E-state index contributed by atoms with van der Waals surface area (Å²) in [5.74, 6) is -0.239. The van der Waals surface area contributed by atoms with Crippen molar-refractivity contribution >= 4 is 39.8 Å². The van der Waals surface area contributed by atoms with Gasteiger partial charge >= 0.3 is 0 Å². The van der Waals surface area contributed by atoms with Crippen LogP contribution in [0.2, 0.25) is 0 Å². The van der Waals surface area contributed by atoms with Gasteiger partial charge < -0.3 is 4.98 Å². The molecule has 0 radical (unpaired) electrons. The second-order valence-corrected chi connectivity index (χ2v) is 6.53. The molecule has 1 aromatic carbocycles. The molecule has 3 heterocycles. The van der Waals surface area contributed by atoms with Gasteiger partial charge in [-0.1, -0.05) is 24.3 Å². The summed E-state index contributed by atoms with van der Waals surface area (Å²) in [6, 6.07) is 14.4. The fraction of sp³-hybridized carbons (Fsp3) is 0. The lowest BCUT2D eigenvalue weighted by Gasteiger charge is -2.06. The molecule has 0 atom stereocenters. The highest BCUT2D eigenvalue weighted by Gasteiger charge is 2.20. The quantitative estimate of drug-likeness (QED) is 0.444. The van der Waals surface area contributed by atoms with Crippen LogP contribution < -0.4 is 5.56 Å². The van der Waals surface area contributed by atoms with Crippen LogP contribution in [-0.4, -0.2) is 20.7 Å². The van der Waals surface area contributed by atoms with E-state index in [4.69, 9.17) is 0 Å². The Morgan fingerprint density at radius 3 is 2.73 bits per heavy atom. The molecule has 4 aromatic rings. The summed E-state index contributed by atoms with van der Waals surface area (Å²) in [6.07, 6.45) is 4.94. The molecule has 0 fully saturated rings. The van der Waals surface area contributed by atoms with Crippen LogP contribution in [0.15, 0.2) is 71.1 Å². The molecule has 0 unspecified atom stereocenters. The minimum atomic E-state index is -0.399. The van der Waals surface area contributed by atoms with Crippen LogP contribution >= 0.6 is 11.3 Å². The number of Topliss-reactive ketones (excluding diaryl/α,β-unsaturated/α-hetero) is 1. The SMILES string of the molecule is O=C(/C(=C\c1cccnc1)c1nc2ccccc2[nH]c1=O)c1cccs1. The number of benzene rings is 1. The van der Waals surface area contributed by atoms with Crippen LogP contribution in [0.1, 0.15) is 20.9 Å². The number of thiophene rings is 1. The fourth-order valence-electron chi connectivity index (χ4n) is 2.62. The largest absolute Gasteiger partial charge is 0.319 e. The molecule has 26 heavy (non-hydrogen) atoms. The maximum absolute atomic E-state index is 13.0. The molecule has 5 nitrogen and oxygen atoms in total. The zero-order chi connectivity index (χ0) is 17.9. The number of aromatic amines is 1. The number of hydrogen-bond donors (Lipinski definition) is 1. The van der Waals surface area contributed by atoms with E-state index in [0.29, 0.717) is 15.9 Å². The molecule has 0 aliphatic heterocycles. The Labute approximate surface area is 152 Å². The number of nitrogens with one attached hydrogen (secondary N) is 1. The van der Waals surface area contributed by atoms with Crippen molar-refractivity contribution in [2.45, 2.75) is 0 Å². The molecule has 0 aliphatic rings. The van der Waals surface area contributed by atoms with Gasteiger partial charge in [-0.2, -0.15) is 0 Å². The maximum Gasteiger partial charge on any atom is 0.275 e. The zero-order valence-electron chi connectivity index (χ0n) is 13.5. The predicted molar refractivity (Wildman–Crippen MR) is 103 cm³/mol. The standard InChI is InChI=1S/C20H13N3O2S/c24-19(17-8-4-10-26-17)14(11-13-5-3-9-21-12-13)18-20(25)23-16-7-2-1-6-15(16)22-18/h1-12H,(H,23,25)/b14-11-. The van der Waals surface area contributed by atoms with E-state index in [1.165, 1.54) is 11.3 Å². The first kappa shape index (κ1) is 16.1. The van der Waals surface area contributed by atoms with Crippen LogP contribution in [0.3, 0.4) is 0 Å². The molecule has 0 saturated carbocycles. The van der Waals surface area contributed by atoms with Crippen LogP contribution in [0, 0.1) is 0 Å². The molecule has 0 amide bonds. The molecule has 0 spiro atoms. The van der Waals surface area contributed by atoms with Crippen molar-refractivity contribution < 1.29 is 4.79 Å². The first-order chi connectivity index (χ1) is 12.7. The monoisotopic (exact) mass is 359 g/mol. The Hall–Kier alpha value is -3.38. The van der Waals surface area contributed by atoms with Gasteiger partial charge in [0.15, 0.2) is 0 Å². The molecule has 4 rings (SSSR count). The number of carbonyl (C=O) groups is 1. The summed E-state index contributed by atoms with van der Waals surface area (Å²) >= 11 is 1.33. The van der Waals surface area contributed by atoms with Gasteiger partial charge in [-0.3, -0.25) is 14.6 Å². The number of nitrogens with zero attached hydrogens (tertiary/aromatic N) is 2. The van der Waals surface area contributed by atoms with Gasteiger partial charge in [0.25, 0.3) is 5.56 Å². The first-order valence-corrected chi connectivity index (χ1v) is 8.80. The summed E-state index contributed by atoms with van der Waals surface area (Å²) in [4.78, 5) is 37.5. The first-order valence-electron chi connectivity index (χ1n) is 7.92. The van der Waals surface area contributed by atoms with Crippen LogP contribution in [-0.2, 0) is 0 Å². The highest BCUT2D eigenvalue weighted by Crippen LogP contribution is 2.23. The Bertz CT molecular complexity index is 1160. The van der Waals surface area contributed by atoms with E-state index in [2.05, 4.69) is 15.0 Å². The van der Waals surface area contributed by atoms with E-state index in [9.17, 15) is 9.59 Å². The fourth-order valence-corrected chi connectivity index (χ4v) is 3.30. The third kappa shape index (κ3) is 3.10. The summed E-state index contributed by atoms with van der Waals surface area (Å²) < 4.78 is 0. The molecule has 0 bridgehead atoms. The number of ketones is 1. The average molecular weight is 359 g/mol. The molecule has 3 aromatic heterocycles. The van der Waals surface area contributed by atoms with Gasteiger partial charge in [-0.15, -0.1) is 11.3 Å². The molecular weight excluding hydrogens is 346 g/mol. The lowest BCUT2D eigenvalue weighted by Crippen LogP contribution is -2.18. The summed E-state index contributed by atoms with van der Waals surface area (Å²) in [5, 5.41) is 1.83. The number of pyridine rings is 1. The molecule has 0 aliphatic carbocycles. The number of hydrogen-bond acceptors (Lipinski definition) is 5. The van der Waals surface area contributed by atoms with Gasteiger partial charge in [0.05, 0.1) is 21.5 Å². The lowest BCUT2D eigenvalue weighted by atomic mass is 10.0. The Kier molecular flexibility index (Phi) is 4.25. The molecule has 1 N–H and O–H groups in total. The van der Waals surface area contributed by atoms with Crippen LogP contribution in [0.4, 0.5) is 0 Å². The maximum atomic E-state index is 13.0. The summed E-state index contributed by atoms with van der Waals surface area (Å²) in [6.45, 7) is 0. The second-order valence-electron chi connectivity index (χ2n) is 5.58. The van der Waals surface area contributed by atoms with Crippen molar-refractivity contribution in [3.05, 3.63) is 92.8 Å². The minimum absolute atomic E-state index is 0.103. The highest BCUT2D eigenvalue weighted by molar-refractivity contribution is 7.12. The zero-order valence-corrected chi connectivity index (χ0v) is 14.4. The smallest absolute Gasteiger partial charge is 0.275 e. The number of H-pyrrole nitrogens is 1. The van der Waals surface area contributed by atoms with E-state index in [0.717, 1.165) is 5.56 Å². The van der Waals surface area contributed by atoms with Gasteiger partial charge in [0, 0.05) is 12.4 Å². The van der Waals surface area contributed by atoms with E-state index in [1.807, 2.05) is 23.6 Å². The van der Waals surface area contributed by atoms with Crippen molar-refractivity contribution in [2.75, 3.05) is 0 Å². The molecular formula is C20H13N3O2S. The topological polar surface area (TPSA) is 75.7 Å². The summed E-state index contributed by atoms with van der Waals surface area (Å²) in [5.41, 5.74) is 1.92. The number of fused-ring (bicyclic) bond motifs is 1. The lowest BCUT2D eigenvalue weighted by molar-refractivity contribution is 0.106. The normalized spacial score (nSPS) is 11.6. The number of carbonyl (C=O) groups excluding carboxylic acids is 1. The second kappa shape index (κ2) is 6.85. The van der Waals surface area contributed by atoms with E-state index in [-0.39, 0.29) is 17.1 Å². The van der Waals surface area contributed by atoms with Crippen LogP contribution in [0.25, 0.3) is 22.7 Å². The van der Waals surface area contributed by atoms with E-state index < -0.39 is 5.56 Å². The van der Waals surface area contributed by atoms with Crippen molar-refractivity contribution in [1.82, 2.24) is 15.0 Å². The Morgan fingerprint density at radius 2 is 1.96 bits per heavy atom. The van der Waals surface area contributed by atoms with Crippen molar-refractivity contribution in [3.63, 3.8) is 0 Å². The van der Waals surface area contributed by atoms with Crippen LogP contribution in [0.5, 0.6) is 0 Å². The molecule has 0 saturated heterocycles. The minimum Gasteiger partial charge on any atom is -0.319 e. The molecule has 6 heteroatoms. The third-order valence-electron chi connectivity index (χ3n) is 3.84. The Morgan fingerprint density at radius 1 is 1.08 bits per heavy atom. The average Bonchev–Trinajstić information content (AvgIpc) is 3.21. The van der Waals surface area contributed by atoms with E-state index in [1.54, 1.807) is 48.8 Å². The molecule has 126 valence electrons. The Balaban J connectivity index is 1.94. The highest BCUT2D eigenvalue weighted by atomic mass is 32.1. The van der Waals surface area contributed by atoms with Crippen molar-refractivity contribution in [3.8, 4) is 0 Å². The predicted octanol–water partition coefficient (Wildman–Crippen LogP) is 3.80. The summed E-state index contributed by atoms with van der Waals surface area (Å²) in [7, 11) is 0. The van der Waals surface area contributed by atoms with Gasteiger partial charge in [0.1, 0.15) is 5.69 Å². The number of aromatic nitrogens is 3. The number of para-hydroxylation sites is 2. The van der Waals surface area contributed by atoms with Gasteiger partial charge in [-0.25, -0.2) is 4.98 Å². The van der Waals surface area contributed by atoms with Gasteiger partial charge in [-0.05, 0) is 41.3 Å². The third-order valence-corrected chi connectivity index (χ3v) is 4.71. The van der Waals surface area contributed by atoms with Crippen molar-refractivity contribution in [1.29, 1.82) is 0 Å².